The molecule has 0 spiro atoms. The fourth-order valence-electron chi connectivity index (χ4n) is 1.56. The summed E-state index contributed by atoms with van der Waals surface area (Å²) in [6, 6.07) is 12.2. The Morgan fingerprint density at radius 3 is 2.53 bits per heavy atom. The highest BCUT2D eigenvalue weighted by Crippen LogP contribution is 2.28. The topological polar surface area (TPSA) is 20.2 Å². The average Bonchev–Trinajstić information content (AvgIpc) is 2.22. The van der Waals surface area contributed by atoms with Gasteiger partial charge in [0.15, 0.2) is 11.6 Å². The lowest BCUT2D eigenvalue weighted by atomic mass is 10.0. The van der Waals surface area contributed by atoms with E-state index >= 15 is 0 Å². The molecule has 0 bridgehead atoms. The zero-order valence-electron chi connectivity index (χ0n) is 8.37. The summed E-state index contributed by atoms with van der Waals surface area (Å²) < 4.78 is 13.6. The summed E-state index contributed by atoms with van der Waals surface area (Å²) in [6.45, 7) is 1.95. The van der Waals surface area contributed by atoms with E-state index in [0.29, 0.717) is 5.56 Å². The molecule has 1 nitrogen and oxygen atoms in total. The van der Waals surface area contributed by atoms with Crippen molar-refractivity contribution in [2.45, 2.75) is 6.92 Å². The third kappa shape index (κ3) is 1.84. The SMILES string of the molecule is Cc1cccc(-c2cccc(O)c2F)c1. The van der Waals surface area contributed by atoms with Crippen molar-refractivity contribution in [2.75, 3.05) is 0 Å². The van der Waals surface area contributed by atoms with Crippen LogP contribution in [0.25, 0.3) is 11.1 Å². The Morgan fingerprint density at radius 2 is 1.80 bits per heavy atom. The lowest BCUT2D eigenvalue weighted by molar-refractivity contribution is 0.433. The van der Waals surface area contributed by atoms with Crippen molar-refractivity contribution in [2.24, 2.45) is 0 Å². The molecule has 0 fully saturated rings. The molecule has 0 saturated carbocycles. The molecular formula is C13H11FO. The normalized spacial score (nSPS) is 10.3. The van der Waals surface area contributed by atoms with E-state index in [1.807, 2.05) is 31.2 Å². The first kappa shape index (κ1) is 9.71. The van der Waals surface area contributed by atoms with Crippen molar-refractivity contribution in [3.63, 3.8) is 0 Å². The van der Waals surface area contributed by atoms with Crippen molar-refractivity contribution < 1.29 is 9.50 Å². The number of hydrogen-bond donors (Lipinski definition) is 1. The van der Waals surface area contributed by atoms with E-state index in [1.54, 1.807) is 12.1 Å². The number of phenolic OH excluding ortho intramolecular Hbond substituents is 1. The van der Waals surface area contributed by atoms with Gasteiger partial charge in [-0.05, 0) is 18.6 Å². The third-order valence-corrected chi connectivity index (χ3v) is 2.31. The quantitative estimate of drug-likeness (QED) is 0.750. The van der Waals surface area contributed by atoms with Gasteiger partial charge in [-0.15, -0.1) is 0 Å². The third-order valence-electron chi connectivity index (χ3n) is 2.31. The van der Waals surface area contributed by atoms with Crippen LogP contribution in [0.1, 0.15) is 5.56 Å². The number of halogens is 1. The maximum Gasteiger partial charge on any atom is 0.172 e. The van der Waals surface area contributed by atoms with Gasteiger partial charge in [0.25, 0.3) is 0 Å². The maximum atomic E-state index is 13.6. The van der Waals surface area contributed by atoms with Gasteiger partial charge < -0.3 is 5.11 Å². The lowest BCUT2D eigenvalue weighted by Gasteiger charge is -2.05. The molecular weight excluding hydrogens is 191 g/mol. The minimum atomic E-state index is -0.567. The zero-order valence-corrected chi connectivity index (χ0v) is 8.37. The molecule has 2 aromatic rings. The molecule has 2 rings (SSSR count). The summed E-state index contributed by atoms with van der Waals surface area (Å²) in [5.74, 6) is -0.878. The van der Waals surface area contributed by atoms with Crippen LogP contribution in [0.3, 0.4) is 0 Å². The second-order valence-corrected chi connectivity index (χ2v) is 3.51. The van der Waals surface area contributed by atoms with E-state index < -0.39 is 5.82 Å². The molecule has 0 aromatic heterocycles. The standard InChI is InChI=1S/C13H11FO/c1-9-4-2-5-10(8-9)11-6-3-7-12(15)13(11)14/h2-8,15H,1H3. The van der Waals surface area contributed by atoms with E-state index in [4.69, 9.17) is 0 Å². The number of rotatable bonds is 1. The lowest BCUT2D eigenvalue weighted by Crippen LogP contribution is -1.85. The predicted molar refractivity (Wildman–Crippen MR) is 58.2 cm³/mol. The van der Waals surface area contributed by atoms with Gasteiger partial charge in [-0.3, -0.25) is 0 Å². The second kappa shape index (κ2) is 3.73. The number of phenols is 1. The highest BCUT2D eigenvalue weighted by molar-refractivity contribution is 5.66. The van der Waals surface area contributed by atoms with Crippen molar-refractivity contribution in [3.05, 3.63) is 53.8 Å². The van der Waals surface area contributed by atoms with Crippen LogP contribution >= 0.6 is 0 Å². The molecule has 0 unspecified atom stereocenters. The molecule has 0 amide bonds. The van der Waals surface area contributed by atoms with E-state index in [1.165, 1.54) is 6.07 Å². The largest absolute Gasteiger partial charge is 0.505 e. The van der Waals surface area contributed by atoms with Gasteiger partial charge in [0.2, 0.25) is 0 Å². The Balaban J connectivity index is 2.59. The molecule has 0 saturated heterocycles. The molecule has 0 aliphatic heterocycles. The van der Waals surface area contributed by atoms with Gasteiger partial charge in [0.1, 0.15) is 0 Å². The summed E-state index contributed by atoms with van der Waals surface area (Å²) in [7, 11) is 0. The number of hydrogen-bond acceptors (Lipinski definition) is 1. The summed E-state index contributed by atoms with van der Waals surface area (Å²) >= 11 is 0. The Kier molecular flexibility index (Phi) is 2.42. The van der Waals surface area contributed by atoms with Gasteiger partial charge in [-0.1, -0.05) is 42.0 Å². The van der Waals surface area contributed by atoms with Gasteiger partial charge in [0, 0.05) is 5.56 Å². The number of benzene rings is 2. The highest BCUT2D eigenvalue weighted by Gasteiger charge is 2.08. The fourth-order valence-corrected chi connectivity index (χ4v) is 1.56. The van der Waals surface area contributed by atoms with Gasteiger partial charge >= 0.3 is 0 Å². The molecule has 76 valence electrons. The van der Waals surface area contributed by atoms with Crippen LogP contribution in [0.2, 0.25) is 0 Å². The van der Waals surface area contributed by atoms with Gasteiger partial charge in [-0.2, -0.15) is 0 Å². The molecule has 2 heteroatoms. The summed E-state index contributed by atoms with van der Waals surface area (Å²) in [5, 5.41) is 9.26. The maximum absolute atomic E-state index is 13.6. The van der Waals surface area contributed by atoms with Crippen LogP contribution < -0.4 is 0 Å². The summed E-state index contributed by atoms with van der Waals surface area (Å²) in [6.07, 6.45) is 0. The highest BCUT2D eigenvalue weighted by atomic mass is 19.1. The molecule has 1 N–H and O–H groups in total. The van der Waals surface area contributed by atoms with Gasteiger partial charge in [-0.25, -0.2) is 4.39 Å². The van der Waals surface area contributed by atoms with Crippen molar-refractivity contribution in [1.82, 2.24) is 0 Å². The van der Waals surface area contributed by atoms with Crippen LogP contribution in [0.5, 0.6) is 5.75 Å². The van der Waals surface area contributed by atoms with Crippen molar-refractivity contribution in [3.8, 4) is 16.9 Å². The van der Waals surface area contributed by atoms with Crippen LogP contribution in [0, 0.1) is 12.7 Å². The fraction of sp³-hybridized carbons (Fsp3) is 0.0769. The minimum absolute atomic E-state index is 0.311. The summed E-state index contributed by atoms with van der Waals surface area (Å²) in [4.78, 5) is 0. The number of aryl methyl sites for hydroxylation is 1. The molecule has 0 aliphatic rings. The van der Waals surface area contributed by atoms with Crippen LogP contribution in [-0.2, 0) is 0 Å². The van der Waals surface area contributed by atoms with Crippen molar-refractivity contribution in [1.29, 1.82) is 0 Å². The second-order valence-electron chi connectivity index (χ2n) is 3.51. The van der Waals surface area contributed by atoms with E-state index in [-0.39, 0.29) is 5.75 Å². The predicted octanol–water partition coefficient (Wildman–Crippen LogP) is 3.51. The minimum Gasteiger partial charge on any atom is -0.505 e. The molecule has 0 radical (unpaired) electrons. The zero-order chi connectivity index (χ0) is 10.8. The monoisotopic (exact) mass is 202 g/mol. The first-order chi connectivity index (χ1) is 7.18. The van der Waals surface area contributed by atoms with Crippen LogP contribution in [0.4, 0.5) is 4.39 Å². The van der Waals surface area contributed by atoms with E-state index in [0.717, 1.165) is 11.1 Å². The first-order valence-electron chi connectivity index (χ1n) is 4.73. The van der Waals surface area contributed by atoms with Crippen LogP contribution in [0.15, 0.2) is 42.5 Å². The summed E-state index contributed by atoms with van der Waals surface area (Å²) in [5.41, 5.74) is 2.28. The average molecular weight is 202 g/mol. The first-order valence-corrected chi connectivity index (χ1v) is 4.73. The number of aromatic hydroxyl groups is 1. The molecule has 0 atom stereocenters. The molecule has 0 heterocycles. The van der Waals surface area contributed by atoms with E-state index in [2.05, 4.69) is 0 Å². The molecule has 0 aliphatic carbocycles. The Hall–Kier alpha value is -1.83. The molecule has 15 heavy (non-hydrogen) atoms. The van der Waals surface area contributed by atoms with Crippen LogP contribution in [-0.4, -0.2) is 5.11 Å². The van der Waals surface area contributed by atoms with E-state index in [9.17, 15) is 9.50 Å². The Bertz CT molecular complexity index is 492. The molecule has 2 aromatic carbocycles. The van der Waals surface area contributed by atoms with Gasteiger partial charge in [0.05, 0.1) is 0 Å². The smallest absolute Gasteiger partial charge is 0.172 e. The Labute approximate surface area is 87.8 Å². The van der Waals surface area contributed by atoms with Crippen molar-refractivity contribution >= 4 is 0 Å². The Morgan fingerprint density at radius 1 is 1.07 bits per heavy atom.